The zero-order chi connectivity index (χ0) is 19.5. The van der Waals surface area contributed by atoms with Crippen LogP contribution in [-0.4, -0.2) is 21.1 Å². The molecular weight excluding hydrogens is 346 g/mol. The van der Waals surface area contributed by atoms with Gasteiger partial charge in [-0.05, 0) is 79.3 Å². The minimum Gasteiger partial charge on any atom is -0.368 e. The van der Waals surface area contributed by atoms with Crippen LogP contribution in [0.3, 0.4) is 0 Å². The molecule has 0 bridgehead atoms. The third kappa shape index (κ3) is 4.06. The first-order valence-corrected chi connectivity index (χ1v) is 10.4. The summed E-state index contributed by atoms with van der Waals surface area (Å²) in [4.78, 5) is 0. The predicted octanol–water partition coefficient (Wildman–Crippen LogP) is 4.90. The summed E-state index contributed by atoms with van der Waals surface area (Å²) in [5.41, 5.74) is 7.91. The second-order valence-electron chi connectivity index (χ2n) is 8.09. The van der Waals surface area contributed by atoms with Crippen molar-refractivity contribution in [2.24, 2.45) is 5.92 Å². The molecule has 1 aliphatic rings. The zero-order valence-electron chi connectivity index (χ0n) is 16.5. The molecule has 1 unspecified atom stereocenters. The van der Waals surface area contributed by atoms with E-state index < -0.39 is 6.29 Å². The van der Waals surface area contributed by atoms with Crippen molar-refractivity contribution in [1.29, 1.82) is 0 Å². The van der Waals surface area contributed by atoms with E-state index >= 15 is 0 Å². The molecule has 0 saturated heterocycles. The minimum absolute atomic E-state index is 0.420. The summed E-state index contributed by atoms with van der Waals surface area (Å²) in [5, 5.41) is 18.0. The first kappa shape index (κ1) is 19.0. The fourth-order valence-electron chi connectivity index (χ4n) is 4.33. The molecule has 1 aromatic heterocycles. The number of aliphatic hydroxyl groups is 2. The highest BCUT2D eigenvalue weighted by Gasteiger charge is 2.23. The highest BCUT2D eigenvalue weighted by atomic mass is 16.5. The van der Waals surface area contributed by atoms with Crippen LogP contribution in [0.4, 0.5) is 0 Å². The molecule has 2 N–H and O–H groups in total. The van der Waals surface area contributed by atoms with Crippen LogP contribution in [0.1, 0.15) is 43.0 Å². The Labute approximate surface area is 167 Å². The van der Waals surface area contributed by atoms with Gasteiger partial charge in [0.05, 0.1) is 5.69 Å². The van der Waals surface area contributed by atoms with Crippen molar-refractivity contribution >= 4 is 0 Å². The van der Waals surface area contributed by atoms with Gasteiger partial charge < -0.3 is 14.8 Å². The van der Waals surface area contributed by atoms with Gasteiger partial charge in [0.1, 0.15) is 0 Å². The highest BCUT2D eigenvalue weighted by Crippen LogP contribution is 2.35. The summed E-state index contributed by atoms with van der Waals surface area (Å²) in [7, 11) is 0. The molecule has 3 nitrogen and oxygen atoms in total. The number of fused-ring (bicyclic) bond motifs is 1. The van der Waals surface area contributed by atoms with Gasteiger partial charge in [0, 0.05) is 11.4 Å². The van der Waals surface area contributed by atoms with E-state index in [1.165, 1.54) is 40.2 Å². The van der Waals surface area contributed by atoms with Crippen LogP contribution in [0.5, 0.6) is 0 Å². The zero-order valence-corrected chi connectivity index (χ0v) is 16.5. The Balaban J connectivity index is 1.68. The molecule has 3 aromatic rings. The third-order valence-corrected chi connectivity index (χ3v) is 5.83. The molecule has 0 spiro atoms. The van der Waals surface area contributed by atoms with Gasteiger partial charge >= 0.3 is 0 Å². The van der Waals surface area contributed by atoms with E-state index in [4.69, 9.17) is 10.2 Å². The van der Waals surface area contributed by atoms with Crippen molar-refractivity contribution in [2.45, 2.75) is 51.7 Å². The SMILES string of the molecule is CC1CCc2c(cc(-c3ccccc3)n2-c2ccc(CCCC(O)O)cc2)C1. The Morgan fingerprint density at radius 2 is 1.79 bits per heavy atom. The summed E-state index contributed by atoms with van der Waals surface area (Å²) in [6.07, 6.45) is 4.38. The monoisotopic (exact) mass is 375 g/mol. The number of aromatic nitrogens is 1. The number of aliphatic hydroxyl groups excluding tert-OH is 1. The van der Waals surface area contributed by atoms with E-state index in [0.29, 0.717) is 6.42 Å². The molecular formula is C25H29NO2. The van der Waals surface area contributed by atoms with Crippen LogP contribution >= 0.6 is 0 Å². The summed E-state index contributed by atoms with van der Waals surface area (Å²) >= 11 is 0. The van der Waals surface area contributed by atoms with Crippen LogP contribution in [0.2, 0.25) is 0 Å². The topological polar surface area (TPSA) is 45.4 Å². The van der Waals surface area contributed by atoms with Gasteiger partial charge in [0.15, 0.2) is 6.29 Å². The lowest BCUT2D eigenvalue weighted by Gasteiger charge is -2.21. The molecule has 1 heterocycles. The molecule has 0 amide bonds. The lowest BCUT2D eigenvalue weighted by atomic mass is 9.89. The quantitative estimate of drug-likeness (QED) is 0.602. The van der Waals surface area contributed by atoms with Crippen LogP contribution in [0, 0.1) is 5.92 Å². The van der Waals surface area contributed by atoms with Gasteiger partial charge in [-0.15, -0.1) is 0 Å². The number of nitrogens with zero attached hydrogens (tertiary/aromatic N) is 1. The Kier molecular flexibility index (Phi) is 5.65. The third-order valence-electron chi connectivity index (χ3n) is 5.83. The number of hydrogen-bond acceptors (Lipinski definition) is 2. The minimum atomic E-state index is -1.21. The first-order chi connectivity index (χ1) is 13.6. The van der Waals surface area contributed by atoms with Crippen LogP contribution in [0.15, 0.2) is 60.7 Å². The van der Waals surface area contributed by atoms with E-state index in [1.807, 2.05) is 0 Å². The van der Waals surface area contributed by atoms with Crippen molar-refractivity contribution in [3.8, 4) is 16.9 Å². The fraction of sp³-hybridized carbons (Fsp3) is 0.360. The molecule has 1 aliphatic carbocycles. The van der Waals surface area contributed by atoms with Gasteiger partial charge in [-0.1, -0.05) is 49.4 Å². The maximum atomic E-state index is 9.02. The van der Waals surface area contributed by atoms with Gasteiger partial charge in [-0.2, -0.15) is 0 Å². The first-order valence-electron chi connectivity index (χ1n) is 10.4. The van der Waals surface area contributed by atoms with E-state index in [9.17, 15) is 0 Å². The van der Waals surface area contributed by atoms with Crippen molar-refractivity contribution in [1.82, 2.24) is 4.57 Å². The molecule has 1 atom stereocenters. The van der Waals surface area contributed by atoms with Gasteiger partial charge in [-0.3, -0.25) is 0 Å². The molecule has 2 aromatic carbocycles. The van der Waals surface area contributed by atoms with Crippen molar-refractivity contribution in [3.63, 3.8) is 0 Å². The molecule has 0 fully saturated rings. The van der Waals surface area contributed by atoms with Gasteiger partial charge in [0.2, 0.25) is 0 Å². The molecule has 28 heavy (non-hydrogen) atoms. The fourth-order valence-corrected chi connectivity index (χ4v) is 4.33. The maximum Gasteiger partial charge on any atom is 0.151 e. The Bertz CT molecular complexity index is 910. The summed E-state index contributed by atoms with van der Waals surface area (Å²) < 4.78 is 2.44. The van der Waals surface area contributed by atoms with Crippen molar-refractivity contribution in [2.75, 3.05) is 0 Å². The average molecular weight is 376 g/mol. The maximum absolute atomic E-state index is 9.02. The number of rotatable bonds is 6. The highest BCUT2D eigenvalue weighted by molar-refractivity contribution is 5.66. The molecule has 4 rings (SSSR count). The predicted molar refractivity (Wildman–Crippen MR) is 114 cm³/mol. The molecule has 146 valence electrons. The van der Waals surface area contributed by atoms with Crippen LogP contribution in [0.25, 0.3) is 16.9 Å². The number of hydrogen-bond donors (Lipinski definition) is 2. The number of benzene rings is 2. The molecule has 0 radical (unpaired) electrons. The molecule has 3 heteroatoms. The van der Waals surface area contributed by atoms with Gasteiger partial charge in [-0.25, -0.2) is 0 Å². The summed E-state index contributed by atoms with van der Waals surface area (Å²) in [5.74, 6) is 0.747. The summed E-state index contributed by atoms with van der Waals surface area (Å²) in [6, 6.07) is 21.8. The number of aryl methyl sites for hydroxylation is 1. The average Bonchev–Trinajstić information content (AvgIpc) is 3.07. The normalized spacial score (nSPS) is 16.4. The van der Waals surface area contributed by atoms with Crippen molar-refractivity contribution < 1.29 is 10.2 Å². The van der Waals surface area contributed by atoms with E-state index in [1.54, 1.807) is 0 Å². The smallest absolute Gasteiger partial charge is 0.151 e. The standard InChI is InChI=1S/C25H29NO2/c1-18-10-15-23-21(16-18)17-24(20-7-3-2-4-8-20)26(23)22-13-11-19(12-14-22)6-5-9-25(27)28/h2-4,7-8,11-14,17-18,25,27-28H,5-6,9-10,15-16H2,1H3. The Morgan fingerprint density at radius 3 is 2.50 bits per heavy atom. The largest absolute Gasteiger partial charge is 0.368 e. The van der Waals surface area contributed by atoms with E-state index in [2.05, 4.69) is 72.2 Å². The van der Waals surface area contributed by atoms with Crippen molar-refractivity contribution in [3.05, 3.63) is 77.5 Å². The lowest BCUT2D eigenvalue weighted by molar-refractivity contribution is -0.0461. The Morgan fingerprint density at radius 1 is 1.04 bits per heavy atom. The molecule has 0 aliphatic heterocycles. The van der Waals surface area contributed by atoms with Gasteiger partial charge in [0.25, 0.3) is 0 Å². The molecule has 0 saturated carbocycles. The van der Waals surface area contributed by atoms with Crippen LogP contribution < -0.4 is 0 Å². The van der Waals surface area contributed by atoms with E-state index in [0.717, 1.165) is 31.6 Å². The Hall–Kier alpha value is -2.36. The van der Waals surface area contributed by atoms with Crippen LogP contribution in [-0.2, 0) is 19.3 Å². The second-order valence-corrected chi connectivity index (χ2v) is 8.09. The van der Waals surface area contributed by atoms with E-state index in [-0.39, 0.29) is 0 Å². The second kappa shape index (κ2) is 8.34. The summed E-state index contributed by atoms with van der Waals surface area (Å²) in [6.45, 7) is 2.35. The lowest BCUT2D eigenvalue weighted by Crippen LogP contribution is -2.13.